The molecule has 0 aliphatic heterocycles. The maximum Gasteiger partial charge on any atom is 0.420 e. The number of halogens is 2. The summed E-state index contributed by atoms with van der Waals surface area (Å²) in [5.41, 5.74) is 3.10. The van der Waals surface area contributed by atoms with Crippen LogP contribution in [-0.2, 0) is 19.0 Å². The quantitative estimate of drug-likeness (QED) is 0.506. The number of hydrogen-bond acceptors (Lipinski definition) is 7. The normalized spacial score (nSPS) is 13.5. The largest absolute Gasteiger partial charge is 0.464 e. The van der Waals surface area contributed by atoms with Crippen molar-refractivity contribution in [3.05, 3.63) is 0 Å². The van der Waals surface area contributed by atoms with Crippen molar-refractivity contribution < 1.29 is 37.4 Å². The monoisotopic (exact) mass is 410 g/mol. The maximum atomic E-state index is 14.2. The molecule has 2 amide bonds. The van der Waals surface area contributed by atoms with E-state index in [1.807, 2.05) is 0 Å². The fourth-order valence-corrected chi connectivity index (χ4v) is 2.07. The fourth-order valence-electron chi connectivity index (χ4n) is 2.07. The molecule has 0 rings (SSSR count). The molecule has 0 saturated heterocycles. The maximum absolute atomic E-state index is 14.2. The van der Waals surface area contributed by atoms with E-state index in [0.29, 0.717) is 0 Å². The lowest BCUT2D eigenvalue weighted by atomic mass is 10.0. The van der Waals surface area contributed by atoms with Crippen molar-refractivity contribution in [3.63, 3.8) is 0 Å². The molecule has 10 heteroatoms. The van der Waals surface area contributed by atoms with Crippen molar-refractivity contribution in [2.75, 3.05) is 13.2 Å². The number of amides is 2. The summed E-state index contributed by atoms with van der Waals surface area (Å²) in [5, 5.41) is 0. The molecular formula is C18H32F2N2O6. The second kappa shape index (κ2) is 9.99. The van der Waals surface area contributed by atoms with Crippen LogP contribution in [0, 0.1) is 0 Å². The molecule has 0 heterocycles. The highest BCUT2D eigenvalue weighted by Crippen LogP contribution is 2.28. The van der Waals surface area contributed by atoms with Crippen LogP contribution in [0.3, 0.4) is 0 Å². The van der Waals surface area contributed by atoms with Gasteiger partial charge in [0.15, 0.2) is 0 Å². The van der Waals surface area contributed by atoms with E-state index in [1.165, 1.54) is 48.5 Å². The molecule has 0 aliphatic carbocycles. The summed E-state index contributed by atoms with van der Waals surface area (Å²) >= 11 is 0. The number of carbonyl (C=O) groups is 3. The molecule has 2 N–H and O–H groups in total. The molecule has 1 atom stereocenters. The van der Waals surface area contributed by atoms with Gasteiger partial charge < -0.3 is 19.9 Å². The number of nitrogens with zero attached hydrogens (tertiary/aromatic N) is 1. The van der Waals surface area contributed by atoms with Crippen LogP contribution in [0.25, 0.3) is 0 Å². The lowest BCUT2D eigenvalue weighted by Crippen LogP contribution is -2.54. The number of nitrogens with two attached hydrogens (primary N) is 1. The predicted molar refractivity (Wildman–Crippen MR) is 98.0 cm³/mol. The van der Waals surface area contributed by atoms with E-state index in [9.17, 15) is 23.2 Å². The van der Waals surface area contributed by atoms with Crippen molar-refractivity contribution in [1.29, 1.82) is 0 Å². The van der Waals surface area contributed by atoms with Crippen LogP contribution in [0.5, 0.6) is 0 Å². The zero-order valence-corrected chi connectivity index (χ0v) is 17.6. The number of rotatable bonds is 7. The van der Waals surface area contributed by atoms with Gasteiger partial charge in [0.05, 0.1) is 6.61 Å². The van der Waals surface area contributed by atoms with Crippen molar-refractivity contribution in [2.24, 2.45) is 5.73 Å². The summed E-state index contributed by atoms with van der Waals surface area (Å²) < 4.78 is 43.5. The molecule has 0 saturated carbocycles. The van der Waals surface area contributed by atoms with Crippen LogP contribution in [0.2, 0.25) is 0 Å². The van der Waals surface area contributed by atoms with Gasteiger partial charge in [-0.25, -0.2) is 23.2 Å². The summed E-state index contributed by atoms with van der Waals surface area (Å²) in [5.74, 6) is -4.59. The fraction of sp³-hybridized carbons (Fsp3) is 0.833. The van der Waals surface area contributed by atoms with Crippen LogP contribution < -0.4 is 5.73 Å². The molecule has 0 aromatic carbocycles. The van der Waals surface area contributed by atoms with Gasteiger partial charge in [0.1, 0.15) is 17.2 Å². The second-order valence-corrected chi connectivity index (χ2v) is 8.20. The van der Waals surface area contributed by atoms with Gasteiger partial charge in [0.2, 0.25) is 0 Å². The molecule has 0 aromatic rings. The van der Waals surface area contributed by atoms with Crippen molar-refractivity contribution in [2.45, 2.75) is 84.5 Å². The third kappa shape index (κ3) is 9.82. The number of imide groups is 1. The minimum Gasteiger partial charge on any atom is -0.464 e. The number of alkyl halides is 2. The van der Waals surface area contributed by atoms with Crippen LogP contribution >= 0.6 is 0 Å². The number of esters is 1. The van der Waals surface area contributed by atoms with E-state index in [-0.39, 0.29) is 18.1 Å². The number of hydrogen-bond donors (Lipinski definition) is 1. The summed E-state index contributed by atoms with van der Waals surface area (Å²) in [6.07, 6.45) is -4.48. The first kappa shape index (κ1) is 26.0. The van der Waals surface area contributed by atoms with Crippen molar-refractivity contribution in [1.82, 2.24) is 4.90 Å². The summed E-state index contributed by atoms with van der Waals surface area (Å²) in [6.45, 7) is 10.2. The van der Waals surface area contributed by atoms with Gasteiger partial charge in [0, 0.05) is 12.8 Å². The Bertz CT molecular complexity index is 527. The first-order valence-corrected chi connectivity index (χ1v) is 9.02. The van der Waals surface area contributed by atoms with Crippen LogP contribution in [0.4, 0.5) is 18.4 Å². The van der Waals surface area contributed by atoms with Crippen LogP contribution in [0.15, 0.2) is 0 Å². The van der Waals surface area contributed by atoms with Gasteiger partial charge in [0.25, 0.3) is 5.92 Å². The second-order valence-electron chi connectivity index (χ2n) is 8.20. The Balaban J connectivity index is 6.07. The highest BCUT2D eigenvalue weighted by atomic mass is 19.3. The molecule has 0 aromatic heterocycles. The zero-order valence-electron chi connectivity index (χ0n) is 17.6. The van der Waals surface area contributed by atoms with Gasteiger partial charge in [-0.1, -0.05) is 0 Å². The minimum absolute atomic E-state index is 0.131. The molecule has 0 unspecified atom stereocenters. The van der Waals surface area contributed by atoms with E-state index in [1.54, 1.807) is 0 Å². The standard InChI is InChI=1S/C18H32F2N2O6/c1-8-26-13(23)12(11-18(19,20)9-10-21)22(14(24)27-16(2,3)4)15(25)28-17(5,6)7/h12H,8-11,21H2,1-7H3/t12-/m0/s1. The van der Waals surface area contributed by atoms with Gasteiger partial charge in [-0.05, 0) is 55.0 Å². The lowest BCUT2D eigenvalue weighted by molar-refractivity contribution is -0.153. The Morgan fingerprint density at radius 1 is 0.964 bits per heavy atom. The summed E-state index contributed by atoms with van der Waals surface area (Å²) in [7, 11) is 0. The summed E-state index contributed by atoms with van der Waals surface area (Å²) in [4.78, 5) is 37.8. The van der Waals surface area contributed by atoms with E-state index in [2.05, 4.69) is 0 Å². The Morgan fingerprint density at radius 2 is 1.39 bits per heavy atom. The van der Waals surface area contributed by atoms with Gasteiger partial charge in [-0.2, -0.15) is 4.90 Å². The highest BCUT2D eigenvalue weighted by molar-refractivity contribution is 5.94. The molecule has 0 spiro atoms. The SMILES string of the molecule is CCOC(=O)[C@H](CC(F)(F)CCN)N(C(=O)OC(C)(C)C)C(=O)OC(C)(C)C. The smallest absolute Gasteiger partial charge is 0.420 e. The summed E-state index contributed by atoms with van der Waals surface area (Å²) in [6, 6.07) is -1.94. The Morgan fingerprint density at radius 3 is 1.71 bits per heavy atom. The predicted octanol–water partition coefficient (Wildman–Crippen LogP) is 3.46. The van der Waals surface area contributed by atoms with Crippen LogP contribution in [-0.4, -0.2) is 59.4 Å². The van der Waals surface area contributed by atoms with E-state index >= 15 is 0 Å². The van der Waals surface area contributed by atoms with Crippen molar-refractivity contribution in [3.8, 4) is 0 Å². The van der Waals surface area contributed by atoms with Crippen LogP contribution in [0.1, 0.15) is 61.3 Å². The molecule has 164 valence electrons. The average molecular weight is 410 g/mol. The molecule has 0 fully saturated rings. The third-order valence-corrected chi connectivity index (χ3v) is 3.05. The molecule has 0 aliphatic rings. The average Bonchev–Trinajstić information content (AvgIpc) is 2.42. The lowest BCUT2D eigenvalue weighted by Gasteiger charge is -2.33. The molecular weight excluding hydrogens is 378 g/mol. The highest BCUT2D eigenvalue weighted by Gasteiger charge is 2.46. The van der Waals surface area contributed by atoms with Gasteiger partial charge in [-0.15, -0.1) is 0 Å². The third-order valence-electron chi connectivity index (χ3n) is 3.05. The Hall–Kier alpha value is -1.97. The van der Waals surface area contributed by atoms with Gasteiger partial charge in [-0.3, -0.25) is 0 Å². The first-order chi connectivity index (χ1) is 12.5. The van der Waals surface area contributed by atoms with Crippen molar-refractivity contribution >= 4 is 18.2 Å². The topological polar surface area (TPSA) is 108 Å². The number of ether oxygens (including phenoxy) is 3. The van der Waals surface area contributed by atoms with E-state index < -0.39 is 54.2 Å². The Labute approximate surface area is 164 Å². The Kier molecular flexibility index (Phi) is 9.29. The molecule has 8 nitrogen and oxygen atoms in total. The first-order valence-electron chi connectivity index (χ1n) is 9.02. The minimum atomic E-state index is -3.42. The number of carbonyl (C=O) groups excluding carboxylic acids is 3. The molecule has 0 radical (unpaired) electrons. The van der Waals surface area contributed by atoms with E-state index in [0.717, 1.165) is 0 Å². The molecule has 28 heavy (non-hydrogen) atoms. The van der Waals surface area contributed by atoms with Gasteiger partial charge >= 0.3 is 18.2 Å². The zero-order chi connectivity index (χ0) is 22.3. The van der Waals surface area contributed by atoms with E-state index in [4.69, 9.17) is 19.9 Å². The molecule has 0 bridgehead atoms.